The molecule has 0 unspecified atom stereocenters. The van der Waals surface area contributed by atoms with Gasteiger partial charge in [0.05, 0.1) is 24.5 Å². The normalized spacial score (nSPS) is 13.3. The average molecular weight is 350 g/mol. The van der Waals surface area contributed by atoms with E-state index < -0.39 is 5.91 Å². The number of pyridine rings is 1. The van der Waals surface area contributed by atoms with Crippen LogP contribution in [0.1, 0.15) is 32.4 Å². The quantitative estimate of drug-likeness (QED) is 0.740. The molecule has 0 fully saturated rings. The summed E-state index contributed by atoms with van der Waals surface area (Å²) in [6.45, 7) is 0.796. The van der Waals surface area contributed by atoms with Crippen molar-refractivity contribution in [2.24, 2.45) is 5.73 Å². The Morgan fingerprint density at radius 1 is 1.15 bits per heavy atom. The number of primary amides is 1. The third kappa shape index (κ3) is 2.90. The topological polar surface area (TPSA) is 128 Å². The number of rotatable bonds is 3. The second-order valence-corrected chi connectivity index (χ2v) is 5.76. The van der Waals surface area contributed by atoms with Crippen molar-refractivity contribution >= 4 is 11.8 Å². The largest absolute Gasteiger partial charge is 0.441 e. The minimum absolute atomic E-state index is 0.0140. The van der Waals surface area contributed by atoms with E-state index in [0.29, 0.717) is 31.1 Å². The maximum Gasteiger partial charge on any atom is 0.274 e. The minimum atomic E-state index is -0.690. The Balaban J connectivity index is 1.53. The predicted octanol–water partition coefficient (Wildman–Crippen LogP) is 0.824. The molecule has 26 heavy (non-hydrogen) atoms. The van der Waals surface area contributed by atoms with Crippen LogP contribution in [-0.4, -0.2) is 43.2 Å². The first-order valence-corrected chi connectivity index (χ1v) is 7.92. The van der Waals surface area contributed by atoms with E-state index in [1.165, 1.54) is 12.4 Å². The number of carbonyl (C=O) groups is 2. The lowest BCUT2D eigenvalue weighted by Crippen LogP contribution is -2.36. The second kappa shape index (κ2) is 6.36. The highest BCUT2D eigenvalue weighted by Crippen LogP contribution is 2.26. The lowest BCUT2D eigenvalue weighted by atomic mass is 10.1. The van der Waals surface area contributed by atoms with Gasteiger partial charge in [-0.05, 0) is 12.1 Å². The van der Waals surface area contributed by atoms with Crippen molar-refractivity contribution in [3.05, 3.63) is 59.8 Å². The van der Waals surface area contributed by atoms with Gasteiger partial charge in [0.2, 0.25) is 5.89 Å². The Morgan fingerprint density at radius 3 is 2.65 bits per heavy atom. The summed E-state index contributed by atoms with van der Waals surface area (Å²) in [6, 6.07) is 3.67. The fourth-order valence-electron chi connectivity index (χ4n) is 2.71. The van der Waals surface area contributed by atoms with Crippen LogP contribution >= 0.6 is 0 Å². The summed E-state index contributed by atoms with van der Waals surface area (Å²) in [5, 5.41) is 0. The molecule has 3 aromatic rings. The van der Waals surface area contributed by atoms with Gasteiger partial charge in [-0.15, -0.1) is 0 Å². The van der Waals surface area contributed by atoms with Gasteiger partial charge >= 0.3 is 0 Å². The van der Waals surface area contributed by atoms with Crippen molar-refractivity contribution < 1.29 is 14.0 Å². The highest BCUT2D eigenvalue weighted by atomic mass is 16.4. The molecule has 4 rings (SSSR count). The van der Waals surface area contributed by atoms with Crippen LogP contribution in [0.25, 0.3) is 11.5 Å². The number of fused-ring (bicyclic) bond motifs is 1. The molecule has 0 saturated heterocycles. The van der Waals surface area contributed by atoms with Crippen LogP contribution in [-0.2, 0) is 13.0 Å². The molecule has 2 N–H and O–H groups in total. The number of hydrogen-bond donors (Lipinski definition) is 1. The van der Waals surface area contributed by atoms with E-state index in [4.69, 9.17) is 10.2 Å². The second-order valence-electron chi connectivity index (χ2n) is 5.76. The molecule has 3 aromatic heterocycles. The van der Waals surface area contributed by atoms with E-state index in [2.05, 4.69) is 19.9 Å². The molecule has 0 spiro atoms. The molecule has 0 bridgehead atoms. The Bertz CT molecular complexity index is 968. The summed E-state index contributed by atoms with van der Waals surface area (Å²) < 4.78 is 5.80. The Labute approximate surface area is 147 Å². The molecular weight excluding hydrogens is 336 g/mol. The van der Waals surface area contributed by atoms with Gasteiger partial charge in [0.25, 0.3) is 11.8 Å². The van der Waals surface area contributed by atoms with Gasteiger partial charge < -0.3 is 15.1 Å². The fraction of sp³-hybridized carbons (Fsp3) is 0.176. The van der Waals surface area contributed by atoms with Crippen molar-refractivity contribution in [3.8, 4) is 11.5 Å². The molecule has 1 aliphatic rings. The zero-order chi connectivity index (χ0) is 18.1. The molecule has 0 saturated carbocycles. The summed E-state index contributed by atoms with van der Waals surface area (Å²) in [5.41, 5.74) is 6.79. The number of nitrogens with zero attached hydrogens (tertiary/aromatic N) is 5. The van der Waals surface area contributed by atoms with Crippen molar-refractivity contribution in [1.29, 1.82) is 0 Å². The monoisotopic (exact) mass is 350 g/mol. The first-order chi connectivity index (χ1) is 12.6. The van der Waals surface area contributed by atoms with Gasteiger partial charge in [-0.1, -0.05) is 0 Å². The molecule has 4 heterocycles. The van der Waals surface area contributed by atoms with Crippen molar-refractivity contribution in [3.63, 3.8) is 0 Å². The van der Waals surface area contributed by atoms with E-state index in [9.17, 15) is 9.59 Å². The lowest BCUT2D eigenvalue weighted by molar-refractivity contribution is 0.0720. The van der Waals surface area contributed by atoms with Crippen LogP contribution < -0.4 is 5.73 Å². The van der Waals surface area contributed by atoms with E-state index in [1.54, 1.807) is 17.3 Å². The van der Waals surface area contributed by atoms with Crippen LogP contribution in [0.3, 0.4) is 0 Å². The average Bonchev–Trinajstić information content (AvgIpc) is 3.11. The summed E-state index contributed by atoms with van der Waals surface area (Å²) >= 11 is 0. The van der Waals surface area contributed by atoms with Crippen LogP contribution in [0.4, 0.5) is 0 Å². The first-order valence-electron chi connectivity index (χ1n) is 7.92. The Hall–Kier alpha value is -3.62. The zero-order valence-electron chi connectivity index (χ0n) is 13.6. The van der Waals surface area contributed by atoms with E-state index in [0.717, 1.165) is 11.3 Å². The third-order valence-electron chi connectivity index (χ3n) is 4.05. The molecule has 130 valence electrons. The third-order valence-corrected chi connectivity index (χ3v) is 4.05. The fourth-order valence-corrected chi connectivity index (χ4v) is 2.71. The van der Waals surface area contributed by atoms with Gasteiger partial charge in [-0.3, -0.25) is 14.6 Å². The molecular formula is C17H14N6O3. The predicted molar refractivity (Wildman–Crippen MR) is 88.7 cm³/mol. The highest BCUT2D eigenvalue weighted by Gasteiger charge is 2.27. The van der Waals surface area contributed by atoms with Crippen LogP contribution in [0.2, 0.25) is 0 Å². The zero-order valence-corrected chi connectivity index (χ0v) is 13.6. The molecule has 2 amide bonds. The SMILES string of the molecule is NC(=O)c1cnc(C(=O)N2CCc3oc(-c4cccnc4)nc3C2)cn1. The molecule has 0 radical (unpaired) electrons. The number of carbonyl (C=O) groups excluding carboxylic acids is 2. The standard InChI is InChI=1S/C17H14N6O3/c18-15(24)11-7-21-12(8-20-11)17(25)23-5-3-14-13(9-23)22-16(26-14)10-2-1-4-19-6-10/h1-2,4,6-8H,3,5,9H2,(H2,18,24). The van der Waals surface area contributed by atoms with E-state index in [1.807, 2.05) is 12.1 Å². The summed E-state index contributed by atoms with van der Waals surface area (Å²) in [5.74, 6) is 0.279. The summed E-state index contributed by atoms with van der Waals surface area (Å²) in [6.07, 6.45) is 6.36. The number of hydrogen-bond acceptors (Lipinski definition) is 7. The Morgan fingerprint density at radius 2 is 1.96 bits per heavy atom. The molecule has 0 atom stereocenters. The van der Waals surface area contributed by atoms with Crippen molar-refractivity contribution in [2.45, 2.75) is 13.0 Å². The van der Waals surface area contributed by atoms with Gasteiger partial charge in [0, 0.05) is 25.4 Å². The molecule has 0 aromatic carbocycles. The van der Waals surface area contributed by atoms with Gasteiger partial charge in [0.1, 0.15) is 22.8 Å². The lowest BCUT2D eigenvalue weighted by Gasteiger charge is -2.24. The summed E-state index contributed by atoms with van der Waals surface area (Å²) in [7, 11) is 0. The maximum atomic E-state index is 12.6. The van der Waals surface area contributed by atoms with Gasteiger partial charge in [0.15, 0.2) is 0 Å². The molecule has 1 aliphatic heterocycles. The Kier molecular flexibility index (Phi) is 3.88. The number of amides is 2. The smallest absolute Gasteiger partial charge is 0.274 e. The molecule has 9 nitrogen and oxygen atoms in total. The van der Waals surface area contributed by atoms with Crippen molar-refractivity contribution in [1.82, 2.24) is 24.8 Å². The van der Waals surface area contributed by atoms with Crippen molar-refractivity contribution in [2.75, 3.05) is 6.54 Å². The van der Waals surface area contributed by atoms with Crippen LogP contribution in [0.15, 0.2) is 41.3 Å². The highest BCUT2D eigenvalue weighted by molar-refractivity contribution is 5.93. The number of nitrogens with two attached hydrogens (primary N) is 1. The van der Waals surface area contributed by atoms with E-state index >= 15 is 0 Å². The van der Waals surface area contributed by atoms with Gasteiger partial charge in [-0.2, -0.15) is 0 Å². The molecule has 0 aliphatic carbocycles. The number of oxazole rings is 1. The van der Waals surface area contributed by atoms with Crippen LogP contribution in [0, 0.1) is 0 Å². The summed E-state index contributed by atoms with van der Waals surface area (Å²) in [4.78, 5) is 41.6. The first kappa shape index (κ1) is 15.9. The van der Waals surface area contributed by atoms with Gasteiger partial charge in [-0.25, -0.2) is 15.0 Å². The maximum absolute atomic E-state index is 12.6. The van der Waals surface area contributed by atoms with Crippen LogP contribution in [0.5, 0.6) is 0 Å². The number of aromatic nitrogens is 4. The van der Waals surface area contributed by atoms with E-state index in [-0.39, 0.29) is 17.3 Å². The minimum Gasteiger partial charge on any atom is -0.441 e. The molecule has 9 heteroatoms.